The van der Waals surface area contributed by atoms with Gasteiger partial charge in [0.15, 0.2) is 17.7 Å². The molecule has 0 amide bonds. The largest absolute Gasteiger partial charge is 0.479 e. The zero-order valence-electron chi connectivity index (χ0n) is 19.3. The molecule has 9 nitrogen and oxygen atoms in total. The van der Waals surface area contributed by atoms with Gasteiger partial charge in [-0.2, -0.15) is 9.97 Å². The van der Waals surface area contributed by atoms with Gasteiger partial charge in [-0.1, -0.05) is 32.9 Å². The molecule has 32 heavy (non-hydrogen) atoms. The van der Waals surface area contributed by atoms with Gasteiger partial charge in [-0.15, -0.1) is 0 Å². The van der Waals surface area contributed by atoms with E-state index >= 15 is 0 Å². The number of furan rings is 1. The molecule has 0 radical (unpaired) electrons. The molecule has 2 N–H and O–H groups in total. The number of aryl methyl sites for hydroxylation is 1. The summed E-state index contributed by atoms with van der Waals surface area (Å²) in [5.41, 5.74) is 2.35. The van der Waals surface area contributed by atoms with Gasteiger partial charge in [0.2, 0.25) is 11.8 Å². The van der Waals surface area contributed by atoms with Crippen LogP contribution in [-0.2, 0) is 5.41 Å². The van der Waals surface area contributed by atoms with Crippen molar-refractivity contribution in [3.05, 3.63) is 47.2 Å². The minimum Gasteiger partial charge on any atom is -0.479 e. The van der Waals surface area contributed by atoms with Crippen LogP contribution in [0.15, 0.2) is 34.7 Å². The number of aliphatic hydroxyl groups is 1. The zero-order chi connectivity index (χ0) is 23.5. The average molecular weight is 444 g/mol. The van der Waals surface area contributed by atoms with Crippen LogP contribution in [-0.4, -0.2) is 36.4 Å². The van der Waals surface area contributed by atoms with Crippen LogP contribution in [0.4, 0.5) is 5.69 Å². The first-order valence-electron chi connectivity index (χ1n) is 10.0. The molecule has 0 aliphatic heterocycles. The Kier molecular flexibility index (Phi) is 6.78. The first-order chi connectivity index (χ1) is 15.2. The van der Waals surface area contributed by atoms with Crippen molar-refractivity contribution in [1.29, 1.82) is 0 Å². The molecule has 1 atom stereocenters. The van der Waals surface area contributed by atoms with Crippen molar-refractivity contribution in [2.45, 2.75) is 39.3 Å². The molecule has 9 heteroatoms. The van der Waals surface area contributed by atoms with Crippen molar-refractivity contribution in [2.75, 3.05) is 26.6 Å². The number of ether oxygens (including phenoxy) is 4. The van der Waals surface area contributed by atoms with Crippen molar-refractivity contribution >= 4 is 5.69 Å². The SMILES string of the molecule is COc1nc(OC)c(NC(O)c2ccc(Oc3cc(C(C)(C)C)ccc3C)o2)c(OC)n1. The molecule has 3 aromatic rings. The predicted octanol–water partition coefficient (Wildman–Crippen LogP) is 4.60. The molecular weight excluding hydrogens is 414 g/mol. The molecule has 2 aromatic heterocycles. The van der Waals surface area contributed by atoms with E-state index in [0.717, 1.165) is 11.1 Å². The molecule has 1 unspecified atom stereocenters. The number of methoxy groups -OCH3 is 3. The monoisotopic (exact) mass is 443 g/mol. The second-order valence-corrected chi connectivity index (χ2v) is 8.14. The minimum absolute atomic E-state index is 0.0151. The Morgan fingerprint density at radius 2 is 1.62 bits per heavy atom. The van der Waals surface area contributed by atoms with Crippen LogP contribution in [0.5, 0.6) is 29.5 Å². The van der Waals surface area contributed by atoms with E-state index in [1.165, 1.54) is 21.3 Å². The summed E-state index contributed by atoms with van der Waals surface area (Å²) in [5, 5.41) is 13.5. The molecule has 0 aliphatic carbocycles. The predicted molar refractivity (Wildman–Crippen MR) is 119 cm³/mol. The van der Waals surface area contributed by atoms with Gasteiger partial charge in [-0.3, -0.25) is 0 Å². The summed E-state index contributed by atoms with van der Waals surface area (Å²) in [5.74, 6) is 1.45. The third-order valence-electron chi connectivity index (χ3n) is 4.81. The number of aromatic nitrogens is 2. The molecule has 0 fully saturated rings. The number of nitrogens with zero attached hydrogens (tertiary/aromatic N) is 2. The summed E-state index contributed by atoms with van der Waals surface area (Å²) < 4.78 is 27.2. The fourth-order valence-corrected chi connectivity index (χ4v) is 2.94. The average Bonchev–Trinajstić information content (AvgIpc) is 3.23. The summed E-state index contributed by atoms with van der Waals surface area (Å²) in [6, 6.07) is 9.41. The Labute approximate surface area is 187 Å². The number of hydrogen-bond donors (Lipinski definition) is 2. The van der Waals surface area contributed by atoms with Crippen molar-refractivity contribution in [2.24, 2.45) is 0 Å². The van der Waals surface area contributed by atoms with Crippen LogP contribution >= 0.6 is 0 Å². The minimum atomic E-state index is -1.24. The van der Waals surface area contributed by atoms with Crippen LogP contribution in [0.1, 0.15) is 43.9 Å². The van der Waals surface area contributed by atoms with Crippen LogP contribution in [0.2, 0.25) is 0 Å². The van der Waals surface area contributed by atoms with E-state index in [4.69, 9.17) is 23.4 Å². The molecule has 172 valence electrons. The standard InChI is InChI=1S/C23H29N3O6/c1-13-8-9-14(23(2,3)4)12-16(13)32-17-11-10-15(31-17)19(27)24-18-20(28-5)25-22(30-7)26-21(18)29-6/h8-12,19,24,27H,1-7H3. The molecule has 0 spiro atoms. The van der Waals surface area contributed by atoms with E-state index in [9.17, 15) is 5.11 Å². The van der Waals surface area contributed by atoms with Gasteiger partial charge < -0.3 is 33.8 Å². The Hall–Kier alpha value is -3.46. The van der Waals surface area contributed by atoms with E-state index in [1.54, 1.807) is 12.1 Å². The zero-order valence-corrected chi connectivity index (χ0v) is 19.3. The van der Waals surface area contributed by atoms with Crippen LogP contribution in [0, 0.1) is 6.92 Å². The highest BCUT2D eigenvalue weighted by Gasteiger charge is 2.22. The van der Waals surface area contributed by atoms with Gasteiger partial charge >= 0.3 is 6.01 Å². The quantitative estimate of drug-likeness (QED) is 0.483. The highest BCUT2D eigenvalue weighted by Crippen LogP contribution is 2.37. The second-order valence-electron chi connectivity index (χ2n) is 8.14. The highest BCUT2D eigenvalue weighted by molar-refractivity contribution is 5.61. The van der Waals surface area contributed by atoms with E-state index in [1.807, 2.05) is 19.1 Å². The third kappa shape index (κ3) is 5.05. The summed E-state index contributed by atoms with van der Waals surface area (Å²) in [6.07, 6.45) is -1.24. The van der Waals surface area contributed by atoms with Gasteiger partial charge in [0, 0.05) is 6.07 Å². The Balaban J connectivity index is 1.81. The van der Waals surface area contributed by atoms with Crippen molar-refractivity contribution in [1.82, 2.24) is 9.97 Å². The lowest BCUT2D eigenvalue weighted by Crippen LogP contribution is -2.12. The van der Waals surface area contributed by atoms with Gasteiger partial charge in [-0.05, 0) is 35.6 Å². The fourth-order valence-electron chi connectivity index (χ4n) is 2.94. The summed E-state index contributed by atoms with van der Waals surface area (Å²) >= 11 is 0. The van der Waals surface area contributed by atoms with Crippen LogP contribution < -0.4 is 24.3 Å². The van der Waals surface area contributed by atoms with Crippen LogP contribution in [0.3, 0.4) is 0 Å². The van der Waals surface area contributed by atoms with E-state index in [0.29, 0.717) is 5.75 Å². The molecule has 0 bridgehead atoms. The molecular formula is C23H29N3O6. The third-order valence-corrected chi connectivity index (χ3v) is 4.81. The van der Waals surface area contributed by atoms with Crippen molar-refractivity contribution in [3.8, 4) is 29.5 Å². The number of hydrogen-bond acceptors (Lipinski definition) is 9. The first-order valence-corrected chi connectivity index (χ1v) is 10.0. The molecule has 0 aliphatic rings. The van der Waals surface area contributed by atoms with Crippen molar-refractivity contribution < 1.29 is 28.5 Å². The van der Waals surface area contributed by atoms with E-state index in [-0.39, 0.29) is 40.6 Å². The Morgan fingerprint density at radius 1 is 0.969 bits per heavy atom. The maximum Gasteiger partial charge on any atom is 0.322 e. The van der Waals surface area contributed by atoms with Gasteiger partial charge in [0.05, 0.1) is 21.3 Å². The number of nitrogens with one attached hydrogen (secondary N) is 1. The van der Waals surface area contributed by atoms with Gasteiger partial charge in [0.25, 0.3) is 5.95 Å². The lowest BCUT2D eigenvalue weighted by molar-refractivity contribution is 0.168. The molecule has 1 aromatic carbocycles. The number of rotatable bonds is 8. The summed E-state index contributed by atoms with van der Waals surface area (Å²) in [6.45, 7) is 8.38. The Morgan fingerprint density at radius 3 is 2.19 bits per heavy atom. The maximum atomic E-state index is 10.7. The number of benzene rings is 1. The number of aliphatic hydroxyl groups excluding tert-OH is 1. The molecule has 0 saturated carbocycles. The molecule has 2 heterocycles. The normalized spacial score (nSPS) is 12.2. The Bertz CT molecular complexity index is 1050. The second kappa shape index (κ2) is 9.35. The molecule has 3 rings (SSSR count). The highest BCUT2D eigenvalue weighted by atomic mass is 16.6. The number of anilines is 1. The smallest absolute Gasteiger partial charge is 0.322 e. The van der Waals surface area contributed by atoms with Gasteiger partial charge in [-0.25, -0.2) is 0 Å². The van der Waals surface area contributed by atoms with E-state index in [2.05, 4.69) is 42.1 Å². The lowest BCUT2D eigenvalue weighted by Gasteiger charge is -2.20. The fraction of sp³-hybridized carbons (Fsp3) is 0.391. The summed E-state index contributed by atoms with van der Waals surface area (Å²) in [4.78, 5) is 8.20. The topological polar surface area (TPSA) is 108 Å². The van der Waals surface area contributed by atoms with Crippen LogP contribution in [0.25, 0.3) is 0 Å². The first kappa shape index (κ1) is 23.2. The maximum absolute atomic E-state index is 10.7. The lowest BCUT2D eigenvalue weighted by atomic mass is 9.86. The van der Waals surface area contributed by atoms with Gasteiger partial charge in [0.1, 0.15) is 5.75 Å². The van der Waals surface area contributed by atoms with E-state index < -0.39 is 6.23 Å². The summed E-state index contributed by atoms with van der Waals surface area (Å²) in [7, 11) is 4.30. The molecule has 0 saturated heterocycles. The van der Waals surface area contributed by atoms with Crippen molar-refractivity contribution in [3.63, 3.8) is 0 Å².